The first-order valence-corrected chi connectivity index (χ1v) is 8.16. The number of anilines is 1. The zero-order valence-corrected chi connectivity index (χ0v) is 13.4. The molecule has 1 saturated carbocycles. The topological polar surface area (TPSA) is 84.7 Å². The summed E-state index contributed by atoms with van der Waals surface area (Å²) in [5.74, 6) is 0.114. The number of nitrogens with zero attached hydrogens (tertiary/aromatic N) is 4. The van der Waals surface area contributed by atoms with Gasteiger partial charge in [-0.15, -0.1) is 5.10 Å². The Bertz CT molecular complexity index is 783. The molecule has 1 aromatic heterocycles. The second kappa shape index (κ2) is 5.62. The summed E-state index contributed by atoms with van der Waals surface area (Å²) in [6, 6.07) is 4.45. The Balaban J connectivity index is 1.51. The van der Waals surface area contributed by atoms with Gasteiger partial charge in [-0.05, 0) is 73.3 Å². The molecule has 1 spiro atoms. The van der Waals surface area contributed by atoms with E-state index in [1.807, 2.05) is 0 Å². The summed E-state index contributed by atoms with van der Waals surface area (Å²) in [7, 11) is 0. The maximum absolute atomic E-state index is 14.1. The first-order chi connectivity index (χ1) is 11.6. The molecule has 4 rings (SSSR count). The Morgan fingerprint density at radius 3 is 2.92 bits per heavy atom. The molecule has 8 heteroatoms. The van der Waals surface area contributed by atoms with Crippen LogP contribution in [0.1, 0.15) is 25.1 Å². The van der Waals surface area contributed by atoms with Gasteiger partial charge in [0.1, 0.15) is 11.5 Å². The number of rotatable bonds is 3. The molecule has 7 nitrogen and oxygen atoms in total. The van der Waals surface area contributed by atoms with Crippen molar-refractivity contribution >= 4 is 11.6 Å². The number of piperidine rings is 1. The van der Waals surface area contributed by atoms with Gasteiger partial charge >= 0.3 is 0 Å². The number of carbonyl (C=O) groups excluding carboxylic acids is 1. The van der Waals surface area contributed by atoms with Crippen molar-refractivity contribution in [1.82, 2.24) is 25.5 Å². The molecule has 0 radical (unpaired) electrons. The molecule has 2 fully saturated rings. The quantitative estimate of drug-likeness (QED) is 0.889. The van der Waals surface area contributed by atoms with E-state index in [-0.39, 0.29) is 22.9 Å². The third kappa shape index (κ3) is 2.56. The van der Waals surface area contributed by atoms with Crippen molar-refractivity contribution in [2.24, 2.45) is 11.3 Å². The van der Waals surface area contributed by atoms with Crippen LogP contribution >= 0.6 is 0 Å². The fraction of sp³-hybridized carbons (Fsp3) is 0.500. The predicted molar refractivity (Wildman–Crippen MR) is 85.1 cm³/mol. The lowest BCUT2D eigenvalue weighted by molar-refractivity contribution is -0.118. The van der Waals surface area contributed by atoms with Gasteiger partial charge in [0, 0.05) is 11.6 Å². The van der Waals surface area contributed by atoms with E-state index >= 15 is 0 Å². The van der Waals surface area contributed by atoms with E-state index in [9.17, 15) is 9.18 Å². The fourth-order valence-corrected chi connectivity index (χ4v) is 3.63. The molecule has 1 saturated heterocycles. The van der Waals surface area contributed by atoms with Crippen LogP contribution in [-0.4, -0.2) is 39.2 Å². The van der Waals surface area contributed by atoms with Crippen LogP contribution in [0.4, 0.5) is 10.1 Å². The molecule has 2 heterocycles. The predicted octanol–water partition coefficient (Wildman–Crippen LogP) is 1.44. The van der Waals surface area contributed by atoms with Crippen molar-refractivity contribution in [3.05, 3.63) is 29.8 Å². The Labute approximate surface area is 138 Å². The van der Waals surface area contributed by atoms with Crippen molar-refractivity contribution in [3.63, 3.8) is 0 Å². The standard InChI is InChI=1S/C16H19FN6O/c1-10-20-21-22-23(10)14-8-11(2-3-13(14)17)19-15(24)12-9-16(12)4-6-18-7-5-16/h2-3,8,12,18H,4-7,9H2,1H3,(H,19,24). The second-order valence-electron chi connectivity index (χ2n) is 6.66. The molecule has 1 aliphatic carbocycles. The molecular weight excluding hydrogens is 311 g/mol. The van der Waals surface area contributed by atoms with Crippen LogP contribution in [-0.2, 0) is 4.79 Å². The van der Waals surface area contributed by atoms with Crippen molar-refractivity contribution < 1.29 is 9.18 Å². The highest BCUT2D eigenvalue weighted by Gasteiger charge is 2.57. The maximum atomic E-state index is 14.1. The number of amides is 1. The zero-order chi connectivity index (χ0) is 16.7. The monoisotopic (exact) mass is 330 g/mol. The van der Waals surface area contributed by atoms with Gasteiger partial charge in [-0.2, -0.15) is 4.68 Å². The van der Waals surface area contributed by atoms with E-state index in [0.29, 0.717) is 11.5 Å². The van der Waals surface area contributed by atoms with E-state index < -0.39 is 5.82 Å². The number of aryl methyl sites for hydroxylation is 1. The van der Waals surface area contributed by atoms with Crippen LogP contribution in [0.5, 0.6) is 0 Å². The summed E-state index contributed by atoms with van der Waals surface area (Å²) in [4.78, 5) is 12.5. The molecular formula is C16H19FN6O. The Hall–Kier alpha value is -2.35. The number of carbonyl (C=O) groups is 1. The Morgan fingerprint density at radius 1 is 1.42 bits per heavy atom. The molecule has 126 valence electrons. The van der Waals surface area contributed by atoms with E-state index in [4.69, 9.17) is 0 Å². The summed E-state index contributed by atoms with van der Waals surface area (Å²) in [5, 5.41) is 17.3. The van der Waals surface area contributed by atoms with Gasteiger partial charge in [-0.1, -0.05) is 0 Å². The molecule has 1 aromatic carbocycles. The molecule has 1 amide bonds. The summed E-state index contributed by atoms with van der Waals surface area (Å²) >= 11 is 0. The number of aromatic nitrogens is 4. The molecule has 2 N–H and O–H groups in total. The van der Waals surface area contributed by atoms with Crippen LogP contribution < -0.4 is 10.6 Å². The number of nitrogens with one attached hydrogen (secondary N) is 2. The van der Waals surface area contributed by atoms with Crippen molar-refractivity contribution in [2.75, 3.05) is 18.4 Å². The average Bonchev–Trinajstić information content (AvgIpc) is 3.09. The fourth-order valence-electron chi connectivity index (χ4n) is 3.63. The third-order valence-electron chi connectivity index (χ3n) is 5.17. The molecule has 2 aromatic rings. The lowest BCUT2D eigenvalue weighted by Gasteiger charge is -2.23. The van der Waals surface area contributed by atoms with Crippen molar-refractivity contribution in [2.45, 2.75) is 26.2 Å². The Kier molecular flexibility index (Phi) is 3.56. The minimum absolute atomic E-state index is 0.0166. The minimum atomic E-state index is -0.440. The first-order valence-electron chi connectivity index (χ1n) is 8.16. The lowest BCUT2D eigenvalue weighted by atomic mass is 9.92. The molecule has 1 unspecified atom stereocenters. The normalized spacial score (nSPS) is 21.7. The average molecular weight is 330 g/mol. The maximum Gasteiger partial charge on any atom is 0.228 e. The van der Waals surface area contributed by atoms with E-state index in [1.54, 1.807) is 19.1 Å². The number of tetrazole rings is 1. The minimum Gasteiger partial charge on any atom is -0.326 e. The summed E-state index contributed by atoms with van der Waals surface area (Å²) in [5.41, 5.74) is 0.954. The number of hydrogen-bond acceptors (Lipinski definition) is 5. The van der Waals surface area contributed by atoms with Gasteiger partial charge in [-0.25, -0.2) is 4.39 Å². The van der Waals surface area contributed by atoms with Gasteiger partial charge in [0.2, 0.25) is 5.91 Å². The molecule has 0 bridgehead atoms. The van der Waals surface area contributed by atoms with Crippen molar-refractivity contribution in [1.29, 1.82) is 0 Å². The zero-order valence-electron chi connectivity index (χ0n) is 13.4. The number of halogens is 1. The summed E-state index contributed by atoms with van der Waals surface area (Å²) in [6.45, 7) is 3.64. The third-order valence-corrected chi connectivity index (χ3v) is 5.17. The van der Waals surface area contributed by atoms with Gasteiger partial charge in [0.05, 0.1) is 0 Å². The summed E-state index contributed by atoms with van der Waals surface area (Å²) in [6.07, 6.45) is 3.04. The largest absolute Gasteiger partial charge is 0.326 e. The Morgan fingerprint density at radius 2 is 2.21 bits per heavy atom. The summed E-state index contributed by atoms with van der Waals surface area (Å²) < 4.78 is 15.4. The smallest absolute Gasteiger partial charge is 0.228 e. The van der Waals surface area contributed by atoms with Gasteiger partial charge in [-0.3, -0.25) is 4.79 Å². The molecule has 1 atom stereocenters. The van der Waals surface area contributed by atoms with Gasteiger partial charge in [0.25, 0.3) is 0 Å². The molecule has 24 heavy (non-hydrogen) atoms. The highest BCUT2D eigenvalue weighted by molar-refractivity contribution is 5.95. The molecule has 2 aliphatic rings. The lowest BCUT2D eigenvalue weighted by Crippen LogP contribution is -2.31. The van der Waals surface area contributed by atoms with E-state index in [2.05, 4.69) is 26.2 Å². The number of benzene rings is 1. The SMILES string of the molecule is Cc1nnnn1-c1cc(NC(=O)C2CC23CCNCC3)ccc1F. The van der Waals surface area contributed by atoms with Crippen LogP contribution in [0.3, 0.4) is 0 Å². The highest BCUT2D eigenvalue weighted by Crippen LogP contribution is 2.58. The van der Waals surface area contributed by atoms with Crippen LogP contribution in [0.15, 0.2) is 18.2 Å². The van der Waals surface area contributed by atoms with Crippen LogP contribution in [0.25, 0.3) is 5.69 Å². The second-order valence-corrected chi connectivity index (χ2v) is 6.66. The van der Waals surface area contributed by atoms with Crippen molar-refractivity contribution in [3.8, 4) is 5.69 Å². The van der Waals surface area contributed by atoms with Crippen LogP contribution in [0, 0.1) is 24.1 Å². The van der Waals surface area contributed by atoms with E-state index in [1.165, 1.54) is 10.7 Å². The van der Waals surface area contributed by atoms with Crippen LogP contribution in [0.2, 0.25) is 0 Å². The highest BCUT2D eigenvalue weighted by atomic mass is 19.1. The number of hydrogen-bond donors (Lipinski definition) is 2. The van der Waals surface area contributed by atoms with Gasteiger partial charge < -0.3 is 10.6 Å². The molecule has 1 aliphatic heterocycles. The van der Waals surface area contributed by atoms with Gasteiger partial charge in [0.15, 0.2) is 5.82 Å². The first kappa shape index (κ1) is 15.2. The van der Waals surface area contributed by atoms with E-state index in [0.717, 1.165) is 32.4 Å².